The van der Waals surface area contributed by atoms with Gasteiger partial charge in [-0.1, -0.05) is 32.5 Å². The molecule has 0 heterocycles. The number of rotatable bonds is 20. The summed E-state index contributed by atoms with van der Waals surface area (Å²) < 4.78 is 17.1. The van der Waals surface area contributed by atoms with E-state index in [1.165, 1.54) is 11.8 Å². The second kappa shape index (κ2) is 18.5. The predicted octanol–water partition coefficient (Wildman–Crippen LogP) is 7.04. The summed E-state index contributed by atoms with van der Waals surface area (Å²) in [4.78, 5) is 12.2. The maximum atomic E-state index is 12.2. The third-order valence-electron chi connectivity index (χ3n) is 6.32. The molecule has 0 atom stereocenters. The number of hydrogen-bond donors (Lipinski definition) is 1. The number of nitrogens with zero attached hydrogens (tertiary/aromatic N) is 2. The molecule has 0 aromatic rings. The van der Waals surface area contributed by atoms with Gasteiger partial charge >= 0.3 is 0 Å². The van der Waals surface area contributed by atoms with Gasteiger partial charge in [0.2, 0.25) is 0 Å². The molecule has 204 valence electrons. The van der Waals surface area contributed by atoms with Gasteiger partial charge in [0.1, 0.15) is 0 Å². The highest BCUT2D eigenvalue weighted by Crippen LogP contribution is 2.50. The van der Waals surface area contributed by atoms with Crippen LogP contribution in [0.15, 0.2) is 0 Å². The second-order valence-electron chi connectivity index (χ2n) is 10.1. The fourth-order valence-corrected chi connectivity index (χ4v) is 7.34. The summed E-state index contributed by atoms with van der Waals surface area (Å²) in [5.74, 6) is 0.794. The van der Waals surface area contributed by atoms with Crippen LogP contribution in [0.4, 0.5) is 0 Å². The Morgan fingerprint density at radius 1 is 0.882 bits per heavy atom. The van der Waals surface area contributed by atoms with E-state index in [9.17, 15) is 4.79 Å². The minimum absolute atomic E-state index is 0.180. The van der Waals surface area contributed by atoms with Crippen LogP contribution in [-0.2, 0) is 14.1 Å². The molecule has 0 saturated carbocycles. The highest BCUT2D eigenvalue weighted by atomic mass is 32.2. The largest absolute Gasteiger partial charge is 0.355 e. The van der Waals surface area contributed by atoms with Crippen molar-refractivity contribution in [2.75, 3.05) is 25.7 Å². The molecular formula is C26H56N3O3PS. The summed E-state index contributed by atoms with van der Waals surface area (Å²) in [6.45, 7) is 26.2. The van der Waals surface area contributed by atoms with Gasteiger partial charge in [-0.3, -0.25) is 4.79 Å². The molecule has 1 N–H and O–H groups in total. The third kappa shape index (κ3) is 12.5. The van der Waals surface area contributed by atoms with Crippen LogP contribution in [0.3, 0.4) is 0 Å². The summed E-state index contributed by atoms with van der Waals surface area (Å²) in [7, 11) is -0.926. The van der Waals surface area contributed by atoms with Crippen molar-refractivity contribution in [2.45, 2.75) is 138 Å². The fraction of sp³-hybridized carbons (Fsp3) is 0.962. The van der Waals surface area contributed by atoms with Gasteiger partial charge in [-0.05, 0) is 81.1 Å². The molecule has 0 spiro atoms. The predicted molar refractivity (Wildman–Crippen MR) is 151 cm³/mol. The van der Waals surface area contributed by atoms with E-state index in [1.807, 2.05) is 0 Å². The van der Waals surface area contributed by atoms with Crippen LogP contribution in [0.2, 0.25) is 0 Å². The summed E-state index contributed by atoms with van der Waals surface area (Å²) >= 11 is 1.43. The molecule has 34 heavy (non-hydrogen) atoms. The quantitative estimate of drug-likeness (QED) is 0.105. The minimum atomic E-state index is -0.926. The van der Waals surface area contributed by atoms with E-state index in [2.05, 4.69) is 90.8 Å². The molecule has 0 radical (unpaired) electrons. The van der Waals surface area contributed by atoms with Gasteiger partial charge in [-0.25, -0.2) is 9.34 Å². The molecule has 0 saturated heterocycles. The van der Waals surface area contributed by atoms with Crippen molar-refractivity contribution in [3.8, 4) is 0 Å². The molecule has 6 nitrogen and oxygen atoms in total. The number of nitrogens with one attached hydrogen (secondary N) is 1. The molecule has 8 heteroatoms. The van der Waals surface area contributed by atoms with Gasteiger partial charge in [-0.2, -0.15) is 0 Å². The minimum Gasteiger partial charge on any atom is -0.355 e. The average molecular weight is 522 g/mol. The van der Waals surface area contributed by atoms with Crippen LogP contribution in [0, 0.1) is 0 Å². The smallest absolute Gasteiger partial charge is 0.191 e. The van der Waals surface area contributed by atoms with Crippen LogP contribution in [0.5, 0.6) is 0 Å². The summed E-state index contributed by atoms with van der Waals surface area (Å²) in [6.07, 6.45) is 4.73. The van der Waals surface area contributed by atoms with Crippen molar-refractivity contribution in [3.63, 3.8) is 0 Å². The van der Waals surface area contributed by atoms with Crippen molar-refractivity contribution in [2.24, 2.45) is 0 Å². The average Bonchev–Trinajstić information content (AvgIpc) is 2.75. The molecule has 0 fully saturated rings. The Hall–Kier alpha value is 0.250. The summed E-state index contributed by atoms with van der Waals surface area (Å²) in [5.41, 5.74) is 0.180. The van der Waals surface area contributed by atoms with Crippen molar-refractivity contribution in [1.29, 1.82) is 0 Å². The van der Waals surface area contributed by atoms with Crippen LogP contribution in [0.25, 0.3) is 0 Å². The second-order valence-corrected chi connectivity index (χ2v) is 13.0. The number of hydrogen-bond acceptors (Lipinski definition) is 7. The first kappa shape index (κ1) is 34.2. The lowest BCUT2D eigenvalue weighted by atomic mass is 9.90. The van der Waals surface area contributed by atoms with E-state index in [0.29, 0.717) is 37.2 Å². The Morgan fingerprint density at radius 2 is 1.35 bits per heavy atom. The molecule has 0 amide bonds. The van der Waals surface area contributed by atoms with Crippen LogP contribution < -0.4 is 5.32 Å². The molecule has 0 aromatic heterocycles. The molecule has 0 bridgehead atoms. The van der Waals surface area contributed by atoms with Gasteiger partial charge < -0.3 is 14.6 Å². The Morgan fingerprint density at radius 3 is 1.76 bits per heavy atom. The van der Waals surface area contributed by atoms with Gasteiger partial charge in [-0.15, -0.1) is 0 Å². The van der Waals surface area contributed by atoms with Gasteiger partial charge in [0.25, 0.3) is 0 Å². The number of thioether (sulfide) groups is 1. The first-order chi connectivity index (χ1) is 16.0. The first-order valence-electron chi connectivity index (χ1n) is 13.4. The van der Waals surface area contributed by atoms with E-state index < -0.39 is 8.45 Å². The normalized spacial score (nSPS) is 13.1. The van der Waals surface area contributed by atoms with Crippen LogP contribution in [-0.4, -0.2) is 69.9 Å². The van der Waals surface area contributed by atoms with Gasteiger partial charge in [0.15, 0.2) is 20.4 Å². The topological polar surface area (TPSA) is 54.0 Å². The maximum Gasteiger partial charge on any atom is 0.191 e. The Bertz CT molecular complexity index is 487. The molecule has 0 unspecified atom stereocenters. The third-order valence-corrected chi connectivity index (χ3v) is 10.3. The Kier molecular flexibility index (Phi) is 18.6. The maximum absolute atomic E-state index is 12.2. The van der Waals surface area contributed by atoms with E-state index >= 15 is 0 Å². The lowest BCUT2D eigenvalue weighted by molar-refractivity contribution is -0.110. The number of ether oxygens (including phenoxy) is 1. The van der Waals surface area contributed by atoms with E-state index in [4.69, 9.17) is 9.26 Å². The monoisotopic (exact) mass is 521 g/mol. The lowest BCUT2D eigenvalue weighted by Crippen LogP contribution is -2.44. The molecular weight excluding hydrogens is 465 g/mol. The highest BCUT2D eigenvalue weighted by Gasteiger charge is 2.34. The molecule has 0 rings (SSSR count). The standard InChI is InChI=1S/C26H56N3O3PS/c1-12-26(13-2,14-3)27-17-16-25(30)34-19-15-18-31-20-32-33(28(21(4)5)22(6)7)29(23(8)9)24(10)11/h21-24,27H,12-20H2,1-11H3. The van der Waals surface area contributed by atoms with Crippen LogP contribution in [0.1, 0.15) is 108 Å². The number of carbonyl (C=O) groups excluding carboxylic acids is 1. The lowest BCUT2D eigenvalue weighted by Gasteiger charge is -2.45. The SMILES string of the molecule is CCC(CC)(CC)NCCC(=O)SCCCOCOP(N(C(C)C)C(C)C)N(C(C)C)C(C)C. The summed E-state index contributed by atoms with van der Waals surface area (Å²) in [6, 6.07) is 1.56. The van der Waals surface area contributed by atoms with Gasteiger partial charge in [0, 0.05) is 48.4 Å². The number of carbonyl (C=O) groups is 1. The highest BCUT2D eigenvalue weighted by molar-refractivity contribution is 8.13. The molecule has 0 aliphatic carbocycles. The first-order valence-corrected chi connectivity index (χ1v) is 15.6. The van der Waals surface area contributed by atoms with E-state index in [0.717, 1.165) is 38.0 Å². The zero-order valence-electron chi connectivity index (χ0n) is 24.1. The fourth-order valence-electron chi connectivity index (χ4n) is 4.35. The zero-order chi connectivity index (χ0) is 26.3. The summed E-state index contributed by atoms with van der Waals surface area (Å²) in [5, 5.41) is 3.87. The van der Waals surface area contributed by atoms with Crippen molar-refractivity contribution in [1.82, 2.24) is 14.7 Å². The molecule has 0 aliphatic heterocycles. The molecule has 0 aliphatic rings. The van der Waals surface area contributed by atoms with Crippen molar-refractivity contribution < 1.29 is 14.1 Å². The Balaban J connectivity index is 4.44. The Labute approximate surface area is 217 Å². The van der Waals surface area contributed by atoms with Crippen molar-refractivity contribution in [3.05, 3.63) is 0 Å². The zero-order valence-corrected chi connectivity index (χ0v) is 25.9. The molecule has 0 aromatic carbocycles. The van der Waals surface area contributed by atoms with E-state index in [-0.39, 0.29) is 17.4 Å². The van der Waals surface area contributed by atoms with E-state index in [1.54, 1.807) is 0 Å². The van der Waals surface area contributed by atoms with Crippen molar-refractivity contribution >= 4 is 25.3 Å². The van der Waals surface area contributed by atoms with Crippen LogP contribution >= 0.6 is 20.2 Å². The van der Waals surface area contributed by atoms with Gasteiger partial charge in [0.05, 0.1) is 6.61 Å².